The fourth-order valence-electron chi connectivity index (χ4n) is 1.90. The molecule has 0 aromatic heterocycles. The molecule has 0 amide bonds. The summed E-state index contributed by atoms with van der Waals surface area (Å²) in [5, 5.41) is 0. The van der Waals surface area contributed by atoms with Gasteiger partial charge in [-0.25, -0.2) is 4.79 Å². The van der Waals surface area contributed by atoms with E-state index in [1.807, 2.05) is 18.9 Å². The van der Waals surface area contributed by atoms with Crippen molar-refractivity contribution in [2.75, 3.05) is 7.11 Å². The van der Waals surface area contributed by atoms with E-state index >= 15 is 0 Å². The third kappa shape index (κ3) is 32.4. The van der Waals surface area contributed by atoms with E-state index in [0.717, 1.165) is 6.42 Å². The van der Waals surface area contributed by atoms with E-state index in [2.05, 4.69) is 50.5 Å². The molecule has 154 valence electrons. The standard InChI is InChI=1S/C15H24O2.C6H7.2CO.Mn/c1-3-4-5-6-7-8-9-10-11-12-13-14-15(16)17-2;1-6-4-2-3-5-6;2*1-2;/h10,12-14H,3-9H2,1-2H3;2-5H,1H3;;;/b14-13+;;;;. The predicted octanol–water partition coefficient (Wildman–Crippen LogP) is 5.51. The zero-order chi connectivity index (χ0) is 21.2. The van der Waals surface area contributed by atoms with Crippen LogP contribution in [0.3, 0.4) is 0 Å². The largest absolute Gasteiger partial charge is 0 e. The molecule has 0 aliphatic heterocycles. The van der Waals surface area contributed by atoms with Gasteiger partial charge in [-0.15, -0.1) is 5.73 Å². The van der Waals surface area contributed by atoms with Gasteiger partial charge in [0.1, 0.15) is 0 Å². The predicted molar refractivity (Wildman–Crippen MR) is 106 cm³/mol. The molecule has 6 radical (unpaired) electrons. The van der Waals surface area contributed by atoms with Crippen molar-refractivity contribution in [2.45, 2.75) is 58.8 Å². The topological polar surface area (TPSA) is 66.1 Å². The van der Waals surface area contributed by atoms with Gasteiger partial charge in [-0.05, 0) is 62.7 Å². The summed E-state index contributed by atoms with van der Waals surface area (Å²) in [6.45, 7) is 13.3. The van der Waals surface area contributed by atoms with Crippen molar-refractivity contribution in [3.63, 3.8) is 0 Å². The summed E-state index contributed by atoms with van der Waals surface area (Å²) in [5.41, 5.74) is 3.02. The van der Waals surface area contributed by atoms with Crippen LogP contribution in [0.1, 0.15) is 58.8 Å². The molecule has 0 saturated heterocycles. The van der Waals surface area contributed by atoms with Crippen LogP contribution in [0, 0.1) is 44.9 Å². The Morgan fingerprint density at radius 1 is 1.07 bits per heavy atom. The van der Waals surface area contributed by atoms with E-state index in [9.17, 15) is 4.79 Å². The Balaban J connectivity index is -0.000000217. The van der Waals surface area contributed by atoms with Crippen molar-refractivity contribution in [1.29, 1.82) is 0 Å². The molecule has 0 heterocycles. The van der Waals surface area contributed by atoms with E-state index < -0.39 is 0 Å². The number of carbonyl (C=O) groups excluding carboxylic acids is 1. The number of hydrogen-bond acceptors (Lipinski definition) is 2. The first-order valence-electron chi connectivity index (χ1n) is 8.95. The smallest absolute Gasteiger partial charge is 0 e. The second-order valence-corrected chi connectivity index (χ2v) is 5.44. The zero-order valence-corrected chi connectivity index (χ0v) is 18.3. The fraction of sp³-hybridized carbons (Fsp3) is 0.435. The van der Waals surface area contributed by atoms with Crippen LogP contribution in [-0.4, -0.2) is 13.1 Å². The monoisotopic (exact) mass is 426 g/mol. The number of unbranched alkanes of at least 4 members (excludes halogenated alkanes) is 6. The number of allylic oxidation sites excluding steroid dienone is 2. The quantitative estimate of drug-likeness (QED) is 0.0713. The molecule has 4 nitrogen and oxygen atoms in total. The number of hydrogen-bond donors (Lipinski definition) is 0. The Morgan fingerprint density at radius 2 is 1.61 bits per heavy atom. The first-order chi connectivity index (χ1) is 13.2. The molecule has 0 aromatic rings. The molecule has 1 aliphatic carbocycles. The molecule has 0 aromatic carbocycles. The average molecular weight is 426 g/mol. The molecule has 1 saturated carbocycles. The van der Waals surface area contributed by atoms with Gasteiger partial charge in [0.25, 0.3) is 0 Å². The zero-order valence-electron chi connectivity index (χ0n) is 17.1. The number of esters is 1. The Hall–Kier alpha value is -1.27. The molecule has 1 rings (SSSR count). The minimum atomic E-state index is -0.334. The summed E-state index contributed by atoms with van der Waals surface area (Å²) >= 11 is 0. The molecule has 5 heteroatoms. The van der Waals surface area contributed by atoms with E-state index in [4.69, 9.17) is 9.30 Å². The third-order valence-corrected chi connectivity index (χ3v) is 3.28. The summed E-state index contributed by atoms with van der Waals surface area (Å²) in [7, 11) is 1.37. The summed E-state index contributed by atoms with van der Waals surface area (Å²) in [6.07, 6.45) is 24.0. The molecule has 0 N–H and O–H groups in total. The van der Waals surface area contributed by atoms with Gasteiger partial charge in [-0.1, -0.05) is 46.0 Å². The maximum atomic E-state index is 10.7. The minimum absolute atomic E-state index is 0. The molecular weight excluding hydrogens is 395 g/mol. The van der Waals surface area contributed by atoms with Crippen molar-refractivity contribution in [1.82, 2.24) is 0 Å². The summed E-state index contributed by atoms with van der Waals surface area (Å²) in [4.78, 5) is 10.7. The molecular formula is C23H31MnO4. The summed E-state index contributed by atoms with van der Waals surface area (Å²) < 4.78 is 19.5. The van der Waals surface area contributed by atoms with Crippen LogP contribution in [0.15, 0.2) is 30.0 Å². The third-order valence-electron chi connectivity index (χ3n) is 3.28. The van der Waals surface area contributed by atoms with Crippen LogP contribution in [-0.2, 0) is 35.9 Å². The fourth-order valence-corrected chi connectivity index (χ4v) is 1.90. The van der Waals surface area contributed by atoms with E-state index in [0.29, 0.717) is 0 Å². The van der Waals surface area contributed by atoms with Crippen molar-refractivity contribution in [3.05, 3.63) is 74.9 Å². The number of methoxy groups -OCH3 is 1. The van der Waals surface area contributed by atoms with Gasteiger partial charge in [0.05, 0.1) is 7.11 Å². The minimum Gasteiger partial charge on any atom is 0 e. The first kappa shape index (κ1) is 34.3. The van der Waals surface area contributed by atoms with E-state index in [1.165, 1.54) is 57.6 Å². The number of ether oxygens (including phenoxy) is 1. The van der Waals surface area contributed by atoms with Crippen molar-refractivity contribution >= 4 is 5.97 Å². The second kappa shape index (κ2) is 33.3. The normalized spacial score (nSPS) is 11.7. The summed E-state index contributed by atoms with van der Waals surface area (Å²) in [5.74, 6) is 1.01. The van der Waals surface area contributed by atoms with Crippen LogP contribution in [0.25, 0.3) is 0 Å². The number of rotatable bonds is 9. The molecule has 1 fully saturated rings. The van der Waals surface area contributed by atoms with Crippen LogP contribution >= 0.6 is 0 Å². The SMILES string of the molecule is CCCCCCCCC=C=C/C=C/C(=O)OC.C[C]1[CH][CH][CH][CH]1.[C-]#[O+].[C-]#[O+].[Mn]. The number of carbonyl (C=O) groups is 1. The molecule has 28 heavy (non-hydrogen) atoms. The van der Waals surface area contributed by atoms with Crippen LogP contribution in [0.5, 0.6) is 0 Å². The van der Waals surface area contributed by atoms with Gasteiger partial charge >= 0.3 is 28.6 Å². The van der Waals surface area contributed by atoms with Crippen molar-refractivity contribution < 1.29 is 35.9 Å². The van der Waals surface area contributed by atoms with Crippen LogP contribution < -0.4 is 0 Å². The molecule has 0 bridgehead atoms. The van der Waals surface area contributed by atoms with Gasteiger partial charge in [0.2, 0.25) is 0 Å². The molecule has 0 unspecified atom stereocenters. The Morgan fingerprint density at radius 3 is 2.07 bits per heavy atom. The maximum absolute atomic E-state index is 10.7. The van der Waals surface area contributed by atoms with Crippen molar-refractivity contribution in [3.8, 4) is 0 Å². The van der Waals surface area contributed by atoms with Gasteiger partial charge < -0.3 is 4.74 Å². The Bertz CT molecular complexity index is 434. The second-order valence-electron chi connectivity index (χ2n) is 5.44. The summed E-state index contributed by atoms with van der Waals surface area (Å²) in [6, 6.07) is 0. The van der Waals surface area contributed by atoms with Gasteiger partial charge in [0.15, 0.2) is 0 Å². The Kier molecular flexibility index (Phi) is 40.8. The molecule has 0 atom stereocenters. The van der Waals surface area contributed by atoms with E-state index in [-0.39, 0.29) is 23.0 Å². The average Bonchev–Trinajstić information content (AvgIpc) is 3.20. The molecule has 0 spiro atoms. The molecule has 1 aliphatic rings. The van der Waals surface area contributed by atoms with Gasteiger partial charge in [-0.2, -0.15) is 0 Å². The van der Waals surface area contributed by atoms with E-state index in [1.54, 1.807) is 12.2 Å². The van der Waals surface area contributed by atoms with Crippen LogP contribution in [0.4, 0.5) is 0 Å². The van der Waals surface area contributed by atoms with Gasteiger partial charge in [0, 0.05) is 23.1 Å². The first-order valence-corrected chi connectivity index (χ1v) is 8.95. The Labute approximate surface area is 182 Å². The maximum Gasteiger partial charge on any atom is 0 e. The van der Waals surface area contributed by atoms with Crippen molar-refractivity contribution in [2.24, 2.45) is 0 Å². The van der Waals surface area contributed by atoms with Gasteiger partial charge in [-0.3, -0.25) is 0 Å². The van der Waals surface area contributed by atoms with Crippen LogP contribution in [0.2, 0.25) is 0 Å².